The molecule has 0 heterocycles. The number of hydrogen-bond acceptors (Lipinski definition) is 1. The van der Waals surface area contributed by atoms with Crippen molar-refractivity contribution >= 4 is 0 Å². The zero-order chi connectivity index (χ0) is 9.19. The molecule has 1 heteroatoms. The second kappa shape index (κ2) is 3.78. The molecule has 12 heavy (non-hydrogen) atoms. The second-order valence-electron chi connectivity index (χ2n) is 4.83. The van der Waals surface area contributed by atoms with Crippen LogP contribution in [0.3, 0.4) is 0 Å². The fourth-order valence-electron chi connectivity index (χ4n) is 2.32. The summed E-state index contributed by atoms with van der Waals surface area (Å²) < 4.78 is 0. The molecule has 3 unspecified atom stereocenters. The largest absolute Gasteiger partial charge is 0.325 e. The normalized spacial score (nSPS) is 36.0. The Balaban J connectivity index is 2.50. The molecular formula is C11H23N. The summed E-state index contributed by atoms with van der Waals surface area (Å²) in [6.07, 6.45) is 6.62. The zero-order valence-corrected chi connectivity index (χ0v) is 8.77. The van der Waals surface area contributed by atoms with E-state index in [9.17, 15) is 0 Å². The SMILES string of the molecule is CCC(C)(N)C1CCCC(C)C1. The summed E-state index contributed by atoms with van der Waals surface area (Å²) in [6.45, 7) is 6.78. The van der Waals surface area contributed by atoms with Crippen molar-refractivity contribution in [1.29, 1.82) is 0 Å². The van der Waals surface area contributed by atoms with Crippen LogP contribution in [0.25, 0.3) is 0 Å². The van der Waals surface area contributed by atoms with Crippen LogP contribution in [-0.4, -0.2) is 5.54 Å². The molecule has 0 spiro atoms. The van der Waals surface area contributed by atoms with Crippen LogP contribution in [0.2, 0.25) is 0 Å². The van der Waals surface area contributed by atoms with Crippen LogP contribution in [0, 0.1) is 11.8 Å². The fraction of sp³-hybridized carbons (Fsp3) is 1.00. The van der Waals surface area contributed by atoms with E-state index in [0.29, 0.717) is 0 Å². The van der Waals surface area contributed by atoms with Gasteiger partial charge in [-0.25, -0.2) is 0 Å². The van der Waals surface area contributed by atoms with E-state index < -0.39 is 0 Å². The van der Waals surface area contributed by atoms with Crippen molar-refractivity contribution in [2.75, 3.05) is 0 Å². The Labute approximate surface area is 76.7 Å². The van der Waals surface area contributed by atoms with Crippen molar-refractivity contribution in [1.82, 2.24) is 0 Å². The first kappa shape index (κ1) is 10.0. The summed E-state index contributed by atoms with van der Waals surface area (Å²) in [6, 6.07) is 0. The van der Waals surface area contributed by atoms with E-state index in [2.05, 4.69) is 20.8 Å². The van der Waals surface area contributed by atoms with Gasteiger partial charge >= 0.3 is 0 Å². The maximum Gasteiger partial charge on any atom is 0.0151 e. The molecule has 1 aliphatic rings. The molecule has 1 fully saturated rings. The zero-order valence-electron chi connectivity index (χ0n) is 8.77. The van der Waals surface area contributed by atoms with Crippen LogP contribution >= 0.6 is 0 Å². The maximum atomic E-state index is 6.25. The molecule has 1 saturated carbocycles. The predicted octanol–water partition coefficient (Wildman–Crippen LogP) is 2.94. The first-order chi connectivity index (χ1) is 5.56. The van der Waals surface area contributed by atoms with Crippen molar-refractivity contribution in [3.05, 3.63) is 0 Å². The lowest BCUT2D eigenvalue weighted by molar-refractivity contribution is 0.180. The molecule has 0 aromatic heterocycles. The molecule has 0 saturated heterocycles. The van der Waals surface area contributed by atoms with Gasteiger partial charge in [-0.3, -0.25) is 0 Å². The Bertz CT molecular complexity index is 140. The van der Waals surface area contributed by atoms with Crippen molar-refractivity contribution in [3.8, 4) is 0 Å². The highest BCUT2D eigenvalue weighted by molar-refractivity contribution is 4.88. The van der Waals surface area contributed by atoms with Crippen LogP contribution in [0.15, 0.2) is 0 Å². The van der Waals surface area contributed by atoms with Crippen molar-refractivity contribution in [2.24, 2.45) is 17.6 Å². The average Bonchev–Trinajstić information content (AvgIpc) is 2.05. The first-order valence-corrected chi connectivity index (χ1v) is 5.35. The van der Waals surface area contributed by atoms with E-state index >= 15 is 0 Å². The summed E-state index contributed by atoms with van der Waals surface area (Å²) in [5.41, 5.74) is 6.34. The smallest absolute Gasteiger partial charge is 0.0151 e. The van der Waals surface area contributed by atoms with Crippen molar-refractivity contribution in [2.45, 2.75) is 58.4 Å². The second-order valence-corrected chi connectivity index (χ2v) is 4.83. The molecule has 1 aliphatic carbocycles. The lowest BCUT2D eigenvalue weighted by atomic mass is 9.72. The van der Waals surface area contributed by atoms with E-state index in [-0.39, 0.29) is 5.54 Å². The average molecular weight is 169 g/mol. The Hall–Kier alpha value is -0.0400. The Morgan fingerprint density at radius 1 is 1.42 bits per heavy atom. The van der Waals surface area contributed by atoms with Gasteiger partial charge in [0.1, 0.15) is 0 Å². The van der Waals surface area contributed by atoms with Gasteiger partial charge in [0.2, 0.25) is 0 Å². The molecule has 1 rings (SSSR count). The standard InChI is InChI=1S/C11H23N/c1-4-11(3,12)10-7-5-6-9(2)8-10/h9-10H,4-8,12H2,1-3H3. The molecule has 0 aliphatic heterocycles. The minimum absolute atomic E-state index is 0.0919. The van der Waals surface area contributed by atoms with E-state index in [0.717, 1.165) is 18.3 Å². The minimum Gasteiger partial charge on any atom is -0.325 e. The molecule has 0 aromatic carbocycles. The van der Waals surface area contributed by atoms with E-state index in [1.807, 2.05) is 0 Å². The van der Waals surface area contributed by atoms with Crippen LogP contribution in [-0.2, 0) is 0 Å². The van der Waals surface area contributed by atoms with Gasteiger partial charge in [-0.15, -0.1) is 0 Å². The van der Waals surface area contributed by atoms with E-state index in [1.54, 1.807) is 0 Å². The monoisotopic (exact) mass is 169 g/mol. The molecule has 0 radical (unpaired) electrons. The summed E-state index contributed by atoms with van der Waals surface area (Å²) >= 11 is 0. The minimum atomic E-state index is 0.0919. The molecule has 0 amide bonds. The topological polar surface area (TPSA) is 26.0 Å². The number of nitrogens with two attached hydrogens (primary N) is 1. The highest BCUT2D eigenvalue weighted by Gasteiger charge is 2.31. The summed E-state index contributed by atoms with van der Waals surface area (Å²) in [5.74, 6) is 1.67. The number of rotatable bonds is 2. The summed E-state index contributed by atoms with van der Waals surface area (Å²) in [4.78, 5) is 0. The van der Waals surface area contributed by atoms with Gasteiger partial charge in [-0.1, -0.05) is 26.7 Å². The molecule has 3 atom stereocenters. The maximum absolute atomic E-state index is 6.25. The van der Waals surface area contributed by atoms with E-state index in [1.165, 1.54) is 25.7 Å². The van der Waals surface area contributed by atoms with Crippen LogP contribution in [0.5, 0.6) is 0 Å². The van der Waals surface area contributed by atoms with Gasteiger partial charge in [0.05, 0.1) is 0 Å². The summed E-state index contributed by atoms with van der Waals surface area (Å²) in [5, 5.41) is 0. The van der Waals surface area contributed by atoms with Crippen LogP contribution in [0.1, 0.15) is 52.9 Å². The molecule has 72 valence electrons. The number of hydrogen-bond donors (Lipinski definition) is 1. The molecular weight excluding hydrogens is 146 g/mol. The third kappa shape index (κ3) is 2.22. The quantitative estimate of drug-likeness (QED) is 0.675. The fourth-order valence-corrected chi connectivity index (χ4v) is 2.32. The molecule has 0 aromatic rings. The van der Waals surface area contributed by atoms with Gasteiger partial charge in [-0.2, -0.15) is 0 Å². The Morgan fingerprint density at radius 3 is 2.58 bits per heavy atom. The lowest BCUT2D eigenvalue weighted by Gasteiger charge is -2.38. The lowest BCUT2D eigenvalue weighted by Crippen LogP contribution is -2.45. The highest BCUT2D eigenvalue weighted by Crippen LogP contribution is 2.35. The summed E-state index contributed by atoms with van der Waals surface area (Å²) in [7, 11) is 0. The first-order valence-electron chi connectivity index (χ1n) is 5.35. The van der Waals surface area contributed by atoms with Gasteiger partial charge in [-0.05, 0) is 38.0 Å². The molecule has 0 bridgehead atoms. The van der Waals surface area contributed by atoms with Gasteiger partial charge < -0.3 is 5.73 Å². The van der Waals surface area contributed by atoms with Gasteiger partial charge in [0.15, 0.2) is 0 Å². The third-order valence-corrected chi connectivity index (χ3v) is 3.63. The molecule has 1 nitrogen and oxygen atoms in total. The van der Waals surface area contributed by atoms with E-state index in [4.69, 9.17) is 5.73 Å². The Morgan fingerprint density at radius 2 is 2.08 bits per heavy atom. The van der Waals surface area contributed by atoms with Crippen LogP contribution in [0.4, 0.5) is 0 Å². The van der Waals surface area contributed by atoms with Crippen molar-refractivity contribution in [3.63, 3.8) is 0 Å². The molecule has 2 N–H and O–H groups in total. The third-order valence-electron chi connectivity index (χ3n) is 3.63. The van der Waals surface area contributed by atoms with Crippen LogP contribution < -0.4 is 5.73 Å². The Kier molecular flexibility index (Phi) is 3.16. The van der Waals surface area contributed by atoms with Gasteiger partial charge in [0, 0.05) is 5.54 Å². The highest BCUT2D eigenvalue weighted by atomic mass is 14.7. The van der Waals surface area contributed by atoms with Gasteiger partial charge in [0.25, 0.3) is 0 Å². The van der Waals surface area contributed by atoms with Crippen molar-refractivity contribution < 1.29 is 0 Å². The predicted molar refractivity (Wildman–Crippen MR) is 54.0 cm³/mol.